The van der Waals surface area contributed by atoms with E-state index in [4.69, 9.17) is 15.6 Å². The van der Waals surface area contributed by atoms with Gasteiger partial charge in [-0.2, -0.15) is 0 Å². The van der Waals surface area contributed by atoms with Crippen molar-refractivity contribution in [3.63, 3.8) is 0 Å². The number of aliphatic hydroxyl groups is 1. The van der Waals surface area contributed by atoms with Gasteiger partial charge in [0.1, 0.15) is 6.61 Å². The molecule has 0 aromatic heterocycles. The number of aliphatic hydroxyl groups excluding tert-OH is 1. The van der Waals surface area contributed by atoms with Crippen LogP contribution in [0.4, 0.5) is 11.4 Å². The lowest BCUT2D eigenvalue weighted by atomic mass is 10.2. The van der Waals surface area contributed by atoms with E-state index in [1.54, 1.807) is 0 Å². The Bertz CT molecular complexity index is 1470. The fourth-order valence-corrected chi connectivity index (χ4v) is 2.93. The number of hydrogen-bond acceptors (Lipinski definition) is 11. The summed E-state index contributed by atoms with van der Waals surface area (Å²) >= 11 is 0. The summed E-state index contributed by atoms with van der Waals surface area (Å²) in [5.41, 5.74) is 9.00. The Balaban J connectivity index is 0. The molecule has 4 N–H and O–H groups in total. The number of benzene rings is 4. The van der Waals surface area contributed by atoms with Crippen LogP contribution in [0.5, 0.6) is 0 Å². The predicted molar refractivity (Wildman–Crippen MR) is 191 cm³/mol. The molecule has 0 spiro atoms. The zero-order valence-corrected chi connectivity index (χ0v) is 29.2. The van der Waals surface area contributed by atoms with Gasteiger partial charge in [-0.25, -0.2) is 0 Å². The minimum absolute atomic E-state index is 0.0359. The van der Waals surface area contributed by atoms with Crippen molar-refractivity contribution in [1.29, 1.82) is 0 Å². The van der Waals surface area contributed by atoms with E-state index in [-0.39, 0.29) is 18.5 Å². The molecule has 50 heavy (non-hydrogen) atoms. The van der Waals surface area contributed by atoms with Gasteiger partial charge in [0.2, 0.25) is 5.91 Å². The highest BCUT2D eigenvalue weighted by molar-refractivity contribution is 5.88. The van der Waals surface area contributed by atoms with Crippen LogP contribution in [0.1, 0.15) is 52.7 Å². The number of para-hydroxylation sites is 2. The number of nitrogens with one attached hydrogen (secondary N) is 1. The van der Waals surface area contributed by atoms with Crippen LogP contribution in [0.15, 0.2) is 121 Å². The minimum atomic E-state index is -0.562. The first-order valence-electron chi connectivity index (χ1n) is 15.0. The van der Waals surface area contributed by atoms with E-state index in [1.807, 2.05) is 121 Å². The van der Waals surface area contributed by atoms with Crippen LogP contribution < -0.4 is 11.1 Å². The molecule has 1 amide bonds. The number of carbonyl (C=O) groups excluding carboxylic acids is 6. The van der Waals surface area contributed by atoms with Crippen LogP contribution in [0.3, 0.4) is 0 Å². The number of anilines is 2. The fourth-order valence-electron chi connectivity index (χ4n) is 2.93. The Hall–Kier alpha value is -6.14. The van der Waals surface area contributed by atoms with E-state index in [0.29, 0.717) is 6.61 Å². The molecule has 0 bridgehead atoms. The largest absolute Gasteiger partial charge is 0.461 e. The van der Waals surface area contributed by atoms with Crippen molar-refractivity contribution < 1.29 is 48.1 Å². The highest BCUT2D eigenvalue weighted by Gasteiger charge is 1.95. The number of ether oxygens (including phenoxy) is 3. The molecule has 0 aliphatic rings. The van der Waals surface area contributed by atoms with Crippen LogP contribution in [-0.2, 0) is 56.2 Å². The molecule has 12 nitrogen and oxygen atoms in total. The van der Waals surface area contributed by atoms with Crippen molar-refractivity contribution in [3.8, 4) is 0 Å². The quantitative estimate of drug-likeness (QED) is 0.0981. The van der Waals surface area contributed by atoms with Crippen molar-refractivity contribution in [2.75, 3.05) is 11.1 Å². The van der Waals surface area contributed by atoms with E-state index in [2.05, 4.69) is 14.8 Å². The van der Waals surface area contributed by atoms with E-state index < -0.39 is 23.9 Å². The van der Waals surface area contributed by atoms with Gasteiger partial charge in [-0.15, -0.1) is 0 Å². The third-order valence-electron chi connectivity index (χ3n) is 4.78. The Morgan fingerprint density at radius 1 is 0.520 bits per heavy atom. The van der Waals surface area contributed by atoms with E-state index in [0.717, 1.165) is 22.5 Å². The molecule has 268 valence electrons. The van der Waals surface area contributed by atoms with Gasteiger partial charge in [0.05, 0.1) is 6.61 Å². The monoisotopic (exact) mass is 690 g/mol. The number of hydrogen-bond donors (Lipinski definition) is 3. The Labute approximate surface area is 293 Å². The topological polar surface area (TPSA) is 188 Å². The van der Waals surface area contributed by atoms with Gasteiger partial charge >= 0.3 is 29.8 Å². The van der Waals surface area contributed by atoms with Gasteiger partial charge in [0.25, 0.3) is 0 Å². The van der Waals surface area contributed by atoms with E-state index >= 15 is 0 Å². The van der Waals surface area contributed by atoms with Gasteiger partial charge in [-0.3, -0.25) is 28.8 Å². The van der Waals surface area contributed by atoms with Crippen LogP contribution in [0, 0.1) is 0 Å². The second-order valence-corrected chi connectivity index (χ2v) is 9.54. The zero-order chi connectivity index (χ0) is 38.2. The van der Waals surface area contributed by atoms with Crippen LogP contribution in [-0.4, -0.2) is 40.9 Å². The van der Waals surface area contributed by atoms with E-state index in [9.17, 15) is 28.8 Å². The van der Waals surface area contributed by atoms with Crippen molar-refractivity contribution in [2.45, 2.75) is 54.8 Å². The molecule has 0 atom stereocenters. The summed E-state index contributed by atoms with van der Waals surface area (Å²) in [6.45, 7) is 8.14. The summed E-state index contributed by atoms with van der Waals surface area (Å²) in [5, 5.41) is 11.2. The summed E-state index contributed by atoms with van der Waals surface area (Å²) in [6, 6.07) is 38.0. The summed E-state index contributed by atoms with van der Waals surface area (Å²) in [5.74, 6) is -2.53. The van der Waals surface area contributed by atoms with Gasteiger partial charge in [0.15, 0.2) is 0 Å². The molecule has 12 heteroatoms. The lowest BCUT2D eigenvalue weighted by Gasteiger charge is -1.99. The van der Waals surface area contributed by atoms with Crippen molar-refractivity contribution in [2.24, 2.45) is 0 Å². The first kappa shape index (κ1) is 46.0. The Morgan fingerprint density at radius 3 is 1.10 bits per heavy atom. The summed E-state index contributed by atoms with van der Waals surface area (Å²) in [4.78, 5) is 60.1. The fraction of sp³-hybridized carbons (Fsp3) is 0.211. The third kappa shape index (κ3) is 34.7. The van der Waals surface area contributed by atoms with Crippen molar-refractivity contribution in [1.82, 2.24) is 0 Å². The second-order valence-electron chi connectivity index (χ2n) is 9.54. The van der Waals surface area contributed by atoms with E-state index in [1.165, 1.54) is 41.5 Å². The van der Waals surface area contributed by atoms with Crippen LogP contribution in [0.25, 0.3) is 0 Å². The summed E-state index contributed by atoms with van der Waals surface area (Å²) in [7, 11) is 0. The average molecular weight is 691 g/mol. The molecule has 4 aromatic rings. The summed E-state index contributed by atoms with van der Waals surface area (Å²) in [6.07, 6.45) is 0. The zero-order valence-electron chi connectivity index (χ0n) is 29.2. The molecule has 4 rings (SSSR count). The first-order chi connectivity index (χ1) is 23.7. The molecule has 0 radical (unpaired) electrons. The summed E-state index contributed by atoms with van der Waals surface area (Å²) < 4.78 is 12.7. The second kappa shape index (κ2) is 30.2. The number of nitrogens with two attached hydrogens (primary N) is 1. The molecule has 0 aliphatic heterocycles. The lowest BCUT2D eigenvalue weighted by molar-refractivity contribution is -0.158. The maximum absolute atomic E-state index is 10.5. The number of carbonyl (C=O) groups is 6. The van der Waals surface area contributed by atoms with Crippen molar-refractivity contribution in [3.05, 3.63) is 132 Å². The third-order valence-corrected chi connectivity index (χ3v) is 4.78. The average Bonchev–Trinajstić information content (AvgIpc) is 3.05. The Morgan fingerprint density at radius 2 is 0.860 bits per heavy atom. The van der Waals surface area contributed by atoms with Gasteiger partial charge in [-0.1, -0.05) is 97.1 Å². The van der Waals surface area contributed by atoms with Crippen molar-refractivity contribution >= 4 is 47.1 Å². The Kier molecular flexibility index (Phi) is 27.8. The molecular formula is C38H46N2O10. The number of nitrogen functional groups attached to an aromatic ring is 1. The van der Waals surface area contributed by atoms with Crippen LogP contribution in [0.2, 0.25) is 0 Å². The number of esters is 5. The maximum Gasteiger partial charge on any atom is 0.310 e. The lowest BCUT2D eigenvalue weighted by Crippen LogP contribution is -2.04. The molecule has 0 unspecified atom stereocenters. The van der Waals surface area contributed by atoms with Gasteiger partial charge in [0, 0.05) is 52.9 Å². The highest BCUT2D eigenvalue weighted by Crippen LogP contribution is 2.03. The minimum Gasteiger partial charge on any atom is -0.461 e. The molecular weight excluding hydrogens is 644 g/mol. The maximum atomic E-state index is 10.5. The smallest absolute Gasteiger partial charge is 0.310 e. The highest BCUT2D eigenvalue weighted by atomic mass is 16.6. The molecule has 0 saturated heterocycles. The predicted octanol–water partition coefficient (Wildman–Crippen LogP) is 6.03. The standard InChI is InChI=1S/C9H10O2.C8H9NO.C7H8O.C6H7N.2C4H6O3/c1-8(10)11-7-9-5-3-2-4-6-9;1-7(10)9-8-5-3-2-4-6-8;8-6-7-4-2-1-3-5-7;7-6-4-2-1-3-5-6;2*1-3(5)7-4(2)6/h2-6H,7H2,1H3;2-6H,1H3,(H,9,10);1-5,8H,6H2;1-5H,7H2;2*1-2H3. The molecule has 0 aliphatic carbocycles. The molecule has 0 heterocycles. The number of amides is 1. The van der Waals surface area contributed by atoms with Crippen LogP contribution >= 0.6 is 0 Å². The molecule has 0 fully saturated rings. The normalized spacial score (nSPS) is 8.62. The van der Waals surface area contributed by atoms with Gasteiger partial charge in [-0.05, 0) is 35.4 Å². The first-order valence-corrected chi connectivity index (χ1v) is 15.0. The molecule has 4 aromatic carbocycles. The SMILES string of the molecule is CC(=O)Nc1ccccc1.CC(=O)OC(C)=O.CC(=O)OC(C)=O.CC(=O)OCc1ccccc1.Nc1ccccc1.OCc1ccccc1. The molecule has 0 saturated carbocycles. The van der Waals surface area contributed by atoms with Gasteiger partial charge < -0.3 is 30.4 Å². The number of rotatable bonds is 4.